The maximum absolute atomic E-state index is 5.53. The molecule has 0 bridgehead atoms. The summed E-state index contributed by atoms with van der Waals surface area (Å²) in [7, 11) is 1.70. The Morgan fingerprint density at radius 2 is 2.00 bits per heavy atom. The molecule has 0 aliphatic carbocycles. The molecule has 96 valence electrons. The van der Waals surface area contributed by atoms with E-state index in [-0.39, 0.29) is 0 Å². The van der Waals surface area contributed by atoms with E-state index in [1.807, 2.05) is 0 Å². The maximum Gasteiger partial charge on any atom is 0.0870 e. The quantitative estimate of drug-likeness (QED) is 0.437. The summed E-state index contributed by atoms with van der Waals surface area (Å²) >= 11 is 4.90. The smallest absolute Gasteiger partial charge is 0.0870 e. The molecule has 0 saturated carbocycles. The summed E-state index contributed by atoms with van der Waals surface area (Å²) < 4.78 is 10.4. The second-order valence-electron chi connectivity index (χ2n) is 3.70. The summed E-state index contributed by atoms with van der Waals surface area (Å²) in [6.45, 7) is 6.96. The Labute approximate surface area is 104 Å². The maximum atomic E-state index is 5.53. The number of thiocarbonyl (C=S) groups is 1. The van der Waals surface area contributed by atoms with Crippen molar-refractivity contribution in [2.24, 2.45) is 5.73 Å². The summed E-state index contributed by atoms with van der Waals surface area (Å²) in [4.78, 5) is 2.77. The van der Waals surface area contributed by atoms with E-state index in [4.69, 9.17) is 27.4 Å². The zero-order chi connectivity index (χ0) is 12.2. The van der Waals surface area contributed by atoms with Crippen molar-refractivity contribution in [3.63, 3.8) is 0 Å². The molecule has 0 aliphatic heterocycles. The van der Waals surface area contributed by atoms with E-state index in [0.717, 1.165) is 45.8 Å². The van der Waals surface area contributed by atoms with Crippen LogP contribution in [0.15, 0.2) is 0 Å². The minimum atomic E-state index is 0.549. The third-order valence-corrected chi connectivity index (χ3v) is 2.24. The average molecular weight is 248 g/mol. The Morgan fingerprint density at radius 3 is 2.56 bits per heavy atom. The molecule has 0 rings (SSSR count). The van der Waals surface area contributed by atoms with Gasteiger partial charge in [0.1, 0.15) is 0 Å². The normalized spacial score (nSPS) is 10.9. The highest BCUT2D eigenvalue weighted by Gasteiger charge is 2.04. The van der Waals surface area contributed by atoms with Crippen molar-refractivity contribution >= 4 is 17.2 Å². The van der Waals surface area contributed by atoms with E-state index in [1.54, 1.807) is 7.11 Å². The summed E-state index contributed by atoms with van der Waals surface area (Å²) in [5, 5.41) is 0. The summed E-state index contributed by atoms with van der Waals surface area (Å²) in [5.41, 5.74) is 5.53. The van der Waals surface area contributed by atoms with Gasteiger partial charge in [0.25, 0.3) is 0 Å². The van der Waals surface area contributed by atoms with Crippen LogP contribution in [-0.4, -0.2) is 56.5 Å². The number of hydrogen-bond donors (Lipinski definition) is 1. The summed E-state index contributed by atoms with van der Waals surface area (Å²) in [6, 6.07) is 0. The van der Waals surface area contributed by atoms with Crippen molar-refractivity contribution in [2.75, 3.05) is 46.6 Å². The lowest BCUT2D eigenvalue weighted by Gasteiger charge is -2.20. The van der Waals surface area contributed by atoms with Crippen molar-refractivity contribution in [2.45, 2.75) is 19.8 Å². The number of nitrogens with zero attached hydrogens (tertiary/aromatic N) is 1. The van der Waals surface area contributed by atoms with Crippen LogP contribution in [0.25, 0.3) is 0 Å². The number of methoxy groups -OCH3 is 1. The molecule has 16 heavy (non-hydrogen) atoms. The fourth-order valence-corrected chi connectivity index (χ4v) is 1.59. The molecule has 0 aromatic heterocycles. The van der Waals surface area contributed by atoms with E-state index in [0.29, 0.717) is 11.5 Å². The third kappa shape index (κ3) is 10.3. The third-order valence-electron chi connectivity index (χ3n) is 2.11. The summed E-state index contributed by atoms with van der Waals surface area (Å²) in [6.07, 6.45) is 2.05. The first-order valence-corrected chi connectivity index (χ1v) is 6.18. The van der Waals surface area contributed by atoms with Crippen LogP contribution in [0, 0.1) is 0 Å². The van der Waals surface area contributed by atoms with Gasteiger partial charge in [0.05, 0.1) is 11.6 Å². The molecule has 5 heteroatoms. The van der Waals surface area contributed by atoms with E-state index < -0.39 is 0 Å². The topological polar surface area (TPSA) is 47.7 Å². The Balaban J connectivity index is 3.47. The highest BCUT2D eigenvalue weighted by atomic mass is 32.1. The predicted octanol–water partition coefficient (Wildman–Crippen LogP) is 1.04. The van der Waals surface area contributed by atoms with Gasteiger partial charge in [0.2, 0.25) is 0 Å². The minimum Gasteiger partial charge on any atom is -0.392 e. The fourth-order valence-electron chi connectivity index (χ4n) is 1.41. The molecule has 0 radical (unpaired) electrons. The number of nitrogens with two attached hydrogens (primary N) is 1. The first-order chi connectivity index (χ1) is 7.70. The Morgan fingerprint density at radius 1 is 1.25 bits per heavy atom. The van der Waals surface area contributed by atoms with Crippen LogP contribution in [-0.2, 0) is 9.47 Å². The van der Waals surface area contributed by atoms with Crippen molar-refractivity contribution in [1.29, 1.82) is 0 Å². The first kappa shape index (κ1) is 15.8. The monoisotopic (exact) mass is 248 g/mol. The molecule has 0 spiro atoms. The Hall–Kier alpha value is -0.230. The van der Waals surface area contributed by atoms with Gasteiger partial charge in [0.15, 0.2) is 0 Å². The lowest BCUT2D eigenvalue weighted by atomic mass is 10.4. The molecule has 0 saturated heterocycles. The van der Waals surface area contributed by atoms with E-state index in [9.17, 15) is 0 Å². The molecular weight excluding hydrogens is 224 g/mol. The molecule has 0 aromatic rings. The average Bonchev–Trinajstić information content (AvgIpc) is 2.22. The van der Waals surface area contributed by atoms with Crippen LogP contribution in [0.5, 0.6) is 0 Å². The van der Waals surface area contributed by atoms with E-state index in [1.165, 1.54) is 0 Å². The van der Waals surface area contributed by atoms with Crippen molar-refractivity contribution in [3.8, 4) is 0 Å². The number of ether oxygens (including phenoxy) is 2. The molecule has 4 nitrogen and oxygen atoms in total. The zero-order valence-corrected chi connectivity index (χ0v) is 11.2. The van der Waals surface area contributed by atoms with Crippen LogP contribution in [0.1, 0.15) is 19.8 Å². The van der Waals surface area contributed by atoms with Crippen LogP contribution in [0.2, 0.25) is 0 Å². The van der Waals surface area contributed by atoms with E-state index in [2.05, 4.69) is 11.8 Å². The van der Waals surface area contributed by atoms with Gasteiger partial charge in [-0.1, -0.05) is 19.1 Å². The second-order valence-corrected chi connectivity index (χ2v) is 4.23. The van der Waals surface area contributed by atoms with Crippen LogP contribution >= 0.6 is 12.2 Å². The highest BCUT2D eigenvalue weighted by Crippen LogP contribution is 1.92. The molecule has 0 aromatic carbocycles. The Bertz CT molecular complexity index is 179. The number of rotatable bonds is 11. The van der Waals surface area contributed by atoms with Crippen molar-refractivity contribution < 1.29 is 9.47 Å². The van der Waals surface area contributed by atoms with Crippen LogP contribution < -0.4 is 5.73 Å². The van der Waals surface area contributed by atoms with Gasteiger partial charge in [0, 0.05) is 33.4 Å². The largest absolute Gasteiger partial charge is 0.392 e. The standard InChI is InChI=1S/C11H24N2O2S/c1-3-5-13(10-11(12)16)6-9-15-8-4-7-14-2/h3-10H2,1-2H3,(H2,12,16). The molecule has 2 N–H and O–H groups in total. The van der Waals surface area contributed by atoms with Crippen LogP contribution in [0.3, 0.4) is 0 Å². The molecular formula is C11H24N2O2S. The predicted molar refractivity (Wildman–Crippen MR) is 70.8 cm³/mol. The lowest BCUT2D eigenvalue weighted by Crippen LogP contribution is -2.35. The van der Waals surface area contributed by atoms with Gasteiger partial charge in [-0.05, 0) is 19.4 Å². The summed E-state index contributed by atoms with van der Waals surface area (Å²) in [5.74, 6) is 0. The molecule has 0 amide bonds. The first-order valence-electron chi connectivity index (χ1n) is 5.78. The van der Waals surface area contributed by atoms with Gasteiger partial charge in [-0.3, -0.25) is 4.90 Å². The van der Waals surface area contributed by atoms with Crippen LogP contribution in [0.4, 0.5) is 0 Å². The van der Waals surface area contributed by atoms with Gasteiger partial charge in [-0.25, -0.2) is 0 Å². The molecule has 0 heterocycles. The molecule has 0 aliphatic rings. The number of hydrogen-bond acceptors (Lipinski definition) is 4. The highest BCUT2D eigenvalue weighted by molar-refractivity contribution is 7.80. The molecule has 0 fully saturated rings. The lowest BCUT2D eigenvalue weighted by molar-refractivity contribution is 0.0869. The molecule has 0 atom stereocenters. The SMILES string of the molecule is CCCN(CCOCCCOC)CC(N)=S. The van der Waals surface area contributed by atoms with Gasteiger partial charge < -0.3 is 15.2 Å². The van der Waals surface area contributed by atoms with Gasteiger partial charge in [-0.2, -0.15) is 0 Å². The minimum absolute atomic E-state index is 0.549. The van der Waals surface area contributed by atoms with Crippen molar-refractivity contribution in [3.05, 3.63) is 0 Å². The molecule has 0 unspecified atom stereocenters. The van der Waals surface area contributed by atoms with Crippen molar-refractivity contribution in [1.82, 2.24) is 4.90 Å². The van der Waals surface area contributed by atoms with E-state index >= 15 is 0 Å². The van der Waals surface area contributed by atoms with Gasteiger partial charge >= 0.3 is 0 Å². The Kier molecular flexibility index (Phi) is 11.1. The fraction of sp³-hybridized carbons (Fsp3) is 0.909. The van der Waals surface area contributed by atoms with Gasteiger partial charge in [-0.15, -0.1) is 0 Å². The second kappa shape index (κ2) is 11.3. The zero-order valence-electron chi connectivity index (χ0n) is 10.4.